The Morgan fingerprint density at radius 1 is 1.39 bits per heavy atom. The van der Waals surface area contributed by atoms with Gasteiger partial charge in [-0.1, -0.05) is 6.07 Å². The molecule has 1 rings (SSSR count). The van der Waals surface area contributed by atoms with Crippen molar-refractivity contribution < 1.29 is 23.4 Å². The number of hydrogen-bond donors (Lipinski definition) is 2. The minimum Gasteiger partial charge on any atom is -0.481 e. The highest BCUT2D eigenvalue weighted by molar-refractivity contribution is 7.91. The molecule has 0 saturated heterocycles. The number of hydrogen-bond acceptors (Lipinski definition) is 5. The lowest BCUT2D eigenvalue weighted by atomic mass is 10.4. The molecule has 0 unspecified atom stereocenters. The molecule has 0 aliphatic rings. The summed E-state index contributed by atoms with van der Waals surface area (Å²) in [5.74, 6) is -1.05. The van der Waals surface area contributed by atoms with E-state index >= 15 is 0 Å². The molecule has 0 spiro atoms. The molecule has 0 aliphatic heterocycles. The first-order valence-electron chi connectivity index (χ1n) is 5.35. The summed E-state index contributed by atoms with van der Waals surface area (Å²) in [5, 5.41) is 19.0. The summed E-state index contributed by atoms with van der Waals surface area (Å²) >= 11 is 1.09. The monoisotopic (exact) mass is 293 g/mol. The summed E-state index contributed by atoms with van der Waals surface area (Å²) in [6, 6.07) is 3.10. The maximum Gasteiger partial charge on any atom is 0.304 e. The number of carboxylic acids is 1. The molecule has 0 amide bonds. The maximum atomic E-state index is 12.2. The molecule has 0 aliphatic carbocycles. The van der Waals surface area contributed by atoms with Crippen LogP contribution in [0.2, 0.25) is 0 Å². The van der Waals surface area contributed by atoms with Crippen LogP contribution in [-0.4, -0.2) is 48.6 Å². The Balaban J connectivity index is 2.84. The first-order valence-corrected chi connectivity index (χ1v) is 7.66. The van der Waals surface area contributed by atoms with Crippen LogP contribution >= 0.6 is 11.3 Å². The molecule has 0 bridgehead atoms. The van der Waals surface area contributed by atoms with Crippen molar-refractivity contribution in [2.24, 2.45) is 0 Å². The molecule has 102 valence electrons. The number of aliphatic hydroxyl groups is 1. The molecule has 8 heteroatoms. The molecule has 6 nitrogen and oxygen atoms in total. The van der Waals surface area contributed by atoms with Crippen LogP contribution in [0.3, 0.4) is 0 Å². The van der Waals surface area contributed by atoms with Gasteiger partial charge in [0.2, 0.25) is 0 Å². The van der Waals surface area contributed by atoms with Gasteiger partial charge in [0, 0.05) is 19.7 Å². The van der Waals surface area contributed by atoms with Crippen LogP contribution in [0.15, 0.2) is 21.7 Å². The van der Waals surface area contributed by atoms with Crippen LogP contribution in [0.4, 0.5) is 0 Å². The summed E-state index contributed by atoms with van der Waals surface area (Å²) in [6.07, 6.45) is 0.0280. The normalized spacial score (nSPS) is 11.9. The Bertz CT molecular complexity index is 468. The van der Waals surface area contributed by atoms with Gasteiger partial charge in [-0.05, 0) is 17.9 Å². The van der Waals surface area contributed by atoms with E-state index in [0.717, 1.165) is 15.6 Å². The van der Waals surface area contributed by atoms with Crippen molar-refractivity contribution in [2.75, 3.05) is 19.7 Å². The van der Waals surface area contributed by atoms with Gasteiger partial charge in [-0.2, -0.15) is 4.31 Å². The maximum absolute atomic E-state index is 12.2. The van der Waals surface area contributed by atoms with E-state index in [9.17, 15) is 13.2 Å². The highest BCUT2D eigenvalue weighted by atomic mass is 32.2. The number of aliphatic carboxylic acids is 1. The zero-order valence-electron chi connectivity index (χ0n) is 9.65. The van der Waals surface area contributed by atoms with Crippen molar-refractivity contribution in [2.45, 2.75) is 17.1 Å². The van der Waals surface area contributed by atoms with Gasteiger partial charge in [0.05, 0.1) is 6.42 Å². The number of sulfonamides is 1. The summed E-state index contributed by atoms with van der Waals surface area (Å²) in [5.41, 5.74) is 0. The Labute approximate surface area is 110 Å². The van der Waals surface area contributed by atoms with Crippen LogP contribution < -0.4 is 0 Å². The zero-order valence-corrected chi connectivity index (χ0v) is 11.3. The summed E-state index contributed by atoms with van der Waals surface area (Å²) in [4.78, 5) is 10.5. The van der Waals surface area contributed by atoms with Crippen molar-refractivity contribution in [3.05, 3.63) is 17.5 Å². The van der Waals surface area contributed by atoms with Crippen molar-refractivity contribution in [3.63, 3.8) is 0 Å². The fraction of sp³-hybridized carbons (Fsp3) is 0.500. The third kappa shape index (κ3) is 4.05. The van der Waals surface area contributed by atoms with E-state index in [1.807, 2.05) is 0 Å². The number of aliphatic hydroxyl groups excluding tert-OH is 1. The Hall–Kier alpha value is -0.960. The number of thiophene rings is 1. The number of carbonyl (C=O) groups is 1. The third-order valence-electron chi connectivity index (χ3n) is 2.23. The van der Waals surface area contributed by atoms with E-state index in [1.54, 1.807) is 11.4 Å². The van der Waals surface area contributed by atoms with E-state index in [4.69, 9.17) is 10.2 Å². The number of nitrogens with zero attached hydrogens (tertiary/aromatic N) is 1. The van der Waals surface area contributed by atoms with Gasteiger partial charge in [0.15, 0.2) is 0 Å². The van der Waals surface area contributed by atoms with E-state index < -0.39 is 16.0 Å². The van der Waals surface area contributed by atoms with E-state index in [-0.39, 0.29) is 36.7 Å². The van der Waals surface area contributed by atoms with Crippen molar-refractivity contribution in [1.82, 2.24) is 4.31 Å². The largest absolute Gasteiger partial charge is 0.481 e. The predicted molar refractivity (Wildman–Crippen MR) is 67.0 cm³/mol. The lowest BCUT2D eigenvalue weighted by molar-refractivity contribution is -0.137. The van der Waals surface area contributed by atoms with Crippen LogP contribution in [-0.2, 0) is 14.8 Å². The van der Waals surface area contributed by atoms with Gasteiger partial charge >= 0.3 is 5.97 Å². The van der Waals surface area contributed by atoms with E-state index in [0.29, 0.717) is 0 Å². The summed E-state index contributed by atoms with van der Waals surface area (Å²) in [6.45, 7) is -0.108. The second-order valence-corrected chi connectivity index (χ2v) is 6.67. The van der Waals surface area contributed by atoms with Crippen LogP contribution in [0.5, 0.6) is 0 Å². The smallest absolute Gasteiger partial charge is 0.304 e. The van der Waals surface area contributed by atoms with Crippen LogP contribution in [0.1, 0.15) is 12.8 Å². The number of rotatable bonds is 8. The van der Waals surface area contributed by atoms with Gasteiger partial charge in [-0.25, -0.2) is 8.42 Å². The quantitative estimate of drug-likeness (QED) is 0.731. The van der Waals surface area contributed by atoms with Crippen LogP contribution in [0, 0.1) is 0 Å². The second kappa shape index (κ2) is 6.83. The van der Waals surface area contributed by atoms with Crippen molar-refractivity contribution >= 4 is 27.3 Å². The minimum absolute atomic E-state index is 0.0877. The third-order valence-corrected chi connectivity index (χ3v) is 5.50. The molecule has 0 aromatic carbocycles. The lowest BCUT2D eigenvalue weighted by Crippen LogP contribution is -2.34. The molecule has 1 aromatic rings. The molecule has 2 N–H and O–H groups in total. The molecule has 0 radical (unpaired) electrons. The molecule has 1 aromatic heterocycles. The Morgan fingerprint density at radius 3 is 2.61 bits per heavy atom. The van der Waals surface area contributed by atoms with Crippen LogP contribution in [0.25, 0.3) is 0 Å². The Kier molecular flexibility index (Phi) is 5.73. The zero-order chi connectivity index (χ0) is 13.6. The van der Waals surface area contributed by atoms with Crippen molar-refractivity contribution in [1.29, 1.82) is 0 Å². The van der Waals surface area contributed by atoms with Gasteiger partial charge in [-0.15, -0.1) is 11.3 Å². The fourth-order valence-electron chi connectivity index (χ4n) is 1.36. The second-order valence-electron chi connectivity index (χ2n) is 3.56. The van der Waals surface area contributed by atoms with E-state index in [1.165, 1.54) is 6.07 Å². The fourth-order valence-corrected chi connectivity index (χ4v) is 3.98. The molecule has 0 atom stereocenters. The highest BCUT2D eigenvalue weighted by Crippen LogP contribution is 2.21. The first-order chi connectivity index (χ1) is 8.48. The average molecular weight is 293 g/mol. The average Bonchev–Trinajstić information content (AvgIpc) is 2.82. The molecule has 18 heavy (non-hydrogen) atoms. The summed E-state index contributed by atoms with van der Waals surface area (Å²) in [7, 11) is -3.65. The SMILES string of the molecule is O=C(O)CCN(CCCO)S(=O)(=O)c1cccs1. The van der Waals surface area contributed by atoms with Crippen molar-refractivity contribution in [3.8, 4) is 0 Å². The molecule has 0 saturated carbocycles. The molecular formula is C10H15NO5S2. The topological polar surface area (TPSA) is 94.9 Å². The van der Waals surface area contributed by atoms with Gasteiger partial charge in [0.1, 0.15) is 4.21 Å². The van der Waals surface area contributed by atoms with Gasteiger partial charge < -0.3 is 10.2 Å². The highest BCUT2D eigenvalue weighted by Gasteiger charge is 2.25. The molecule has 1 heterocycles. The lowest BCUT2D eigenvalue weighted by Gasteiger charge is -2.20. The Morgan fingerprint density at radius 2 is 2.11 bits per heavy atom. The number of carboxylic acid groups (broad SMARTS) is 1. The van der Waals surface area contributed by atoms with Gasteiger partial charge in [-0.3, -0.25) is 4.79 Å². The van der Waals surface area contributed by atoms with Gasteiger partial charge in [0.25, 0.3) is 10.0 Å². The first kappa shape index (κ1) is 15.1. The van der Waals surface area contributed by atoms with E-state index in [2.05, 4.69) is 0 Å². The molecular weight excluding hydrogens is 278 g/mol. The standard InChI is InChI=1S/C10H15NO5S2/c12-7-2-5-11(6-4-9(13)14)18(15,16)10-3-1-8-17-10/h1,3,8,12H,2,4-7H2,(H,13,14). The predicted octanol–water partition coefficient (Wildman–Crippen LogP) is 0.596. The minimum atomic E-state index is -3.65. The molecule has 0 fully saturated rings. The summed E-state index contributed by atoms with van der Waals surface area (Å²) < 4.78 is 25.6.